The first kappa shape index (κ1) is 15.1. The molecule has 120 valence electrons. The lowest BCUT2D eigenvalue weighted by Crippen LogP contribution is -2.47. The molecule has 5 heteroatoms. The number of amides is 2. The first-order valence-electron chi connectivity index (χ1n) is 8.39. The molecule has 1 aliphatic heterocycles. The zero-order valence-corrected chi connectivity index (χ0v) is 12.9. The van der Waals surface area contributed by atoms with E-state index in [1.54, 1.807) is 12.1 Å². The molecule has 2 amide bonds. The average Bonchev–Trinajstić information content (AvgIpc) is 3.19. The second-order valence-corrected chi connectivity index (χ2v) is 6.29. The highest BCUT2D eigenvalue weighted by molar-refractivity contribution is 5.92. The van der Waals surface area contributed by atoms with Gasteiger partial charge in [-0.05, 0) is 37.8 Å². The number of furan rings is 1. The summed E-state index contributed by atoms with van der Waals surface area (Å²) in [6.07, 6.45) is 8.51. The monoisotopic (exact) mass is 304 g/mol. The van der Waals surface area contributed by atoms with Crippen LogP contribution in [0, 0.1) is 5.92 Å². The molecule has 5 nitrogen and oxygen atoms in total. The summed E-state index contributed by atoms with van der Waals surface area (Å²) in [4.78, 5) is 27.1. The third-order valence-corrected chi connectivity index (χ3v) is 4.83. The van der Waals surface area contributed by atoms with Gasteiger partial charge in [-0.2, -0.15) is 0 Å². The van der Waals surface area contributed by atoms with E-state index in [2.05, 4.69) is 5.32 Å². The lowest BCUT2D eigenvalue weighted by Gasteiger charge is -2.32. The number of nitrogens with zero attached hydrogens (tertiary/aromatic N) is 1. The molecule has 1 saturated carbocycles. The van der Waals surface area contributed by atoms with Crippen LogP contribution in [-0.4, -0.2) is 35.8 Å². The minimum atomic E-state index is -0.0750. The van der Waals surface area contributed by atoms with Crippen molar-refractivity contribution in [3.63, 3.8) is 0 Å². The third-order valence-electron chi connectivity index (χ3n) is 4.83. The van der Waals surface area contributed by atoms with E-state index in [0.29, 0.717) is 12.3 Å². The van der Waals surface area contributed by atoms with Crippen LogP contribution in [0.25, 0.3) is 0 Å². The lowest BCUT2D eigenvalue weighted by molar-refractivity contribution is -0.126. The van der Waals surface area contributed by atoms with Gasteiger partial charge in [-0.3, -0.25) is 9.59 Å². The van der Waals surface area contributed by atoms with Gasteiger partial charge < -0.3 is 14.6 Å². The molecule has 2 heterocycles. The highest BCUT2D eigenvalue weighted by Crippen LogP contribution is 2.32. The normalized spacial score (nSPS) is 26.9. The summed E-state index contributed by atoms with van der Waals surface area (Å²) in [5.41, 5.74) is 0. The van der Waals surface area contributed by atoms with E-state index in [4.69, 9.17) is 4.42 Å². The van der Waals surface area contributed by atoms with Gasteiger partial charge in [0.25, 0.3) is 5.91 Å². The molecule has 1 N–H and O–H groups in total. The molecule has 2 aliphatic rings. The van der Waals surface area contributed by atoms with Gasteiger partial charge in [-0.25, -0.2) is 0 Å². The molecule has 1 aromatic rings. The summed E-state index contributed by atoms with van der Waals surface area (Å²) in [5.74, 6) is 0.341. The summed E-state index contributed by atoms with van der Waals surface area (Å²) in [5, 5.41) is 3.05. The van der Waals surface area contributed by atoms with Crippen LogP contribution in [0.4, 0.5) is 0 Å². The molecular weight excluding hydrogens is 280 g/mol. The summed E-state index contributed by atoms with van der Waals surface area (Å²) in [6, 6.07) is 3.45. The first-order chi connectivity index (χ1) is 10.8. The van der Waals surface area contributed by atoms with Gasteiger partial charge in [0, 0.05) is 19.1 Å². The summed E-state index contributed by atoms with van der Waals surface area (Å²) in [7, 11) is 0. The smallest absolute Gasteiger partial charge is 0.289 e. The van der Waals surface area contributed by atoms with E-state index < -0.39 is 0 Å². The maximum atomic E-state index is 12.8. The summed E-state index contributed by atoms with van der Waals surface area (Å²) >= 11 is 0. The molecule has 0 spiro atoms. The van der Waals surface area contributed by atoms with Crippen LogP contribution in [-0.2, 0) is 4.79 Å². The highest BCUT2D eigenvalue weighted by Gasteiger charge is 2.39. The van der Waals surface area contributed by atoms with Gasteiger partial charge in [-0.15, -0.1) is 0 Å². The van der Waals surface area contributed by atoms with E-state index in [1.165, 1.54) is 6.26 Å². The van der Waals surface area contributed by atoms with E-state index in [-0.39, 0.29) is 23.8 Å². The van der Waals surface area contributed by atoms with Crippen LogP contribution in [0.2, 0.25) is 0 Å². The Hall–Kier alpha value is -1.78. The quantitative estimate of drug-likeness (QED) is 0.867. The maximum absolute atomic E-state index is 12.8. The van der Waals surface area contributed by atoms with Gasteiger partial charge in [0.15, 0.2) is 5.76 Å². The third kappa shape index (κ3) is 3.18. The zero-order valence-electron chi connectivity index (χ0n) is 12.9. The largest absolute Gasteiger partial charge is 0.459 e. The van der Waals surface area contributed by atoms with Crippen molar-refractivity contribution in [3.8, 4) is 0 Å². The fourth-order valence-electron chi connectivity index (χ4n) is 3.68. The van der Waals surface area contributed by atoms with Gasteiger partial charge >= 0.3 is 0 Å². The van der Waals surface area contributed by atoms with Crippen LogP contribution in [0.15, 0.2) is 22.8 Å². The second kappa shape index (κ2) is 6.99. The van der Waals surface area contributed by atoms with Gasteiger partial charge in [-0.1, -0.05) is 19.3 Å². The number of hydrogen-bond donors (Lipinski definition) is 1. The van der Waals surface area contributed by atoms with Crippen LogP contribution in [0.3, 0.4) is 0 Å². The number of carbonyl (C=O) groups is 2. The van der Waals surface area contributed by atoms with Crippen molar-refractivity contribution in [2.75, 3.05) is 13.1 Å². The van der Waals surface area contributed by atoms with Crippen molar-refractivity contribution in [2.45, 2.75) is 51.0 Å². The van der Waals surface area contributed by atoms with Crippen LogP contribution < -0.4 is 5.32 Å². The number of rotatable bonds is 1. The SMILES string of the molecule is O=C1NCCCCCCN(C(=O)c2ccco2)[C@H]2CCC[C@@H]12. The maximum Gasteiger partial charge on any atom is 0.289 e. The molecule has 0 bridgehead atoms. The zero-order chi connectivity index (χ0) is 15.4. The lowest BCUT2D eigenvalue weighted by atomic mass is 10.00. The Balaban J connectivity index is 1.82. The number of fused-ring (bicyclic) bond motifs is 1. The highest BCUT2D eigenvalue weighted by atomic mass is 16.3. The second-order valence-electron chi connectivity index (χ2n) is 6.29. The van der Waals surface area contributed by atoms with E-state index in [0.717, 1.165) is 51.5 Å². The summed E-state index contributed by atoms with van der Waals surface area (Å²) in [6.45, 7) is 1.47. The molecule has 1 saturated heterocycles. The Morgan fingerprint density at radius 2 is 2.05 bits per heavy atom. The molecule has 3 rings (SSSR count). The molecule has 0 radical (unpaired) electrons. The van der Waals surface area contributed by atoms with Crippen LogP contribution in [0.5, 0.6) is 0 Å². The molecular formula is C17H24N2O3. The molecule has 1 aromatic heterocycles. The van der Waals surface area contributed by atoms with Crippen LogP contribution >= 0.6 is 0 Å². The van der Waals surface area contributed by atoms with Gasteiger partial charge in [0.2, 0.25) is 5.91 Å². The van der Waals surface area contributed by atoms with Gasteiger partial charge in [0.1, 0.15) is 0 Å². The number of hydrogen-bond acceptors (Lipinski definition) is 3. The van der Waals surface area contributed by atoms with Crippen molar-refractivity contribution in [1.82, 2.24) is 10.2 Å². The van der Waals surface area contributed by atoms with Crippen molar-refractivity contribution in [3.05, 3.63) is 24.2 Å². The first-order valence-corrected chi connectivity index (χ1v) is 8.39. The van der Waals surface area contributed by atoms with Gasteiger partial charge in [0.05, 0.1) is 12.2 Å². The predicted molar refractivity (Wildman–Crippen MR) is 82.4 cm³/mol. The Kier molecular flexibility index (Phi) is 4.80. The molecule has 1 aliphatic carbocycles. The van der Waals surface area contributed by atoms with Crippen molar-refractivity contribution < 1.29 is 14.0 Å². The molecule has 0 aromatic carbocycles. The Bertz CT molecular complexity index is 512. The van der Waals surface area contributed by atoms with E-state index in [1.807, 2.05) is 4.90 Å². The van der Waals surface area contributed by atoms with Crippen molar-refractivity contribution in [2.24, 2.45) is 5.92 Å². The fraction of sp³-hybridized carbons (Fsp3) is 0.647. The summed E-state index contributed by atoms with van der Waals surface area (Å²) < 4.78 is 5.28. The molecule has 2 atom stereocenters. The van der Waals surface area contributed by atoms with E-state index in [9.17, 15) is 9.59 Å². The predicted octanol–water partition coefficient (Wildman–Crippen LogP) is 2.58. The topological polar surface area (TPSA) is 62.6 Å². The molecule has 2 fully saturated rings. The van der Waals surface area contributed by atoms with Crippen molar-refractivity contribution >= 4 is 11.8 Å². The Morgan fingerprint density at radius 3 is 2.86 bits per heavy atom. The Labute approximate surface area is 131 Å². The van der Waals surface area contributed by atoms with Crippen molar-refractivity contribution in [1.29, 1.82) is 0 Å². The standard InChI is InChI=1S/C17H24N2O3/c20-16-13-7-5-8-14(13)19(11-4-2-1-3-10-18-16)17(21)15-9-6-12-22-15/h6,9,12-14H,1-5,7-8,10-11H2,(H,18,20)/t13-,14+/m1/s1. The Morgan fingerprint density at radius 1 is 1.18 bits per heavy atom. The fourth-order valence-corrected chi connectivity index (χ4v) is 3.68. The average molecular weight is 304 g/mol. The molecule has 0 unspecified atom stereocenters. The minimum absolute atomic E-state index is 0.00991. The minimum Gasteiger partial charge on any atom is -0.459 e. The van der Waals surface area contributed by atoms with E-state index >= 15 is 0 Å². The number of nitrogens with one attached hydrogen (secondary N) is 1. The number of carbonyl (C=O) groups excluding carboxylic acids is 2. The van der Waals surface area contributed by atoms with Crippen LogP contribution in [0.1, 0.15) is 55.5 Å². The molecule has 22 heavy (non-hydrogen) atoms.